The van der Waals surface area contributed by atoms with Crippen LogP contribution < -0.4 is 5.32 Å². The van der Waals surface area contributed by atoms with Crippen molar-refractivity contribution in [3.8, 4) is 11.8 Å². The molecule has 1 nitrogen and oxygen atoms in total. The maximum Gasteiger partial charge on any atom is 0.0230 e. The van der Waals surface area contributed by atoms with Crippen LogP contribution in [-0.2, 0) is 0 Å². The maximum atomic E-state index is 3.52. The van der Waals surface area contributed by atoms with Crippen LogP contribution in [-0.4, -0.2) is 13.1 Å². The first-order valence-electron chi connectivity index (χ1n) is 7.63. The Morgan fingerprint density at radius 3 is 2.50 bits per heavy atom. The van der Waals surface area contributed by atoms with Gasteiger partial charge in [-0.2, -0.15) is 0 Å². The predicted octanol–water partition coefficient (Wildman–Crippen LogP) is 4.09. The van der Waals surface area contributed by atoms with Gasteiger partial charge in [-0.1, -0.05) is 26.2 Å². The highest BCUT2D eigenvalue weighted by atomic mass is 14.8. The Labute approximate surface area is 114 Å². The van der Waals surface area contributed by atoms with Gasteiger partial charge in [0.25, 0.3) is 0 Å². The van der Waals surface area contributed by atoms with Gasteiger partial charge in [-0.25, -0.2) is 0 Å². The molecule has 3 atom stereocenters. The van der Waals surface area contributed by atoms with Crippen molar-refractivity contribution in [3.63, 3.8) is 0 Å². The average Bonchev–Trinajstić information content (AvgIpc) is 2.26. The third kappa shape index (κ3) is 5.91. The fourth-order valence-electron chi connectivity index (χ4n) is 2.86. The fraction of sp³-hybridized carbons (Fsp3) is 0.882. The summed E-state index contributed by atoms with van der Waals surface area (Å²) in [4.78, 5) is 0. The number of hydrogen-bond donors (Lipinski definition) is 1. The average molecular weight is 249 g/mol. The SMILES string of the molecule is CCNCC1CCC(C)CC1CC#CC(C)(C)C. The quantitative estimate of drug-likeness (QED) is 0.740. The molecule has 1 saturated carbocycles. The van der Waals surface area contributed by atoms with Gasteiger partial charge in [0.05, 0.1) is 0 Å². The second kappa shape index (κ2) is 7.19. The van der Waals surface area contributed by atoms with Gasteiger partial charge in [-0.3, -0.25) is 0 Å². The lowest BCUT2D eigenvalue weighted by Crippen LogP contribution is -2.32. The lowest BCUT2D eigenvalue weighted by molar-refractivity contribution is 0.189. The Hall–Kier alpha value is -0.480. The Bertz CT molecular complexity index is 287. The van der Waals surface area contributed by atoms with E-state index in [-0.39, 0.29) is 5.41 Å². The molecule has 0 heterocycles. The zero-order valence-electron chi connectivity index (χ0n) is 13.0. The second-order valence-electron chi connectivity index (χ2n) is 7.00. The molecule has 0 aromatic carbocycles. The summed E-state index contributed by atoms with van der Waals surface area (Å²) in [5.41, 5.74) is 0.150. The molecule has 0 spiro atoms. The van der Waals surface area contributed by atoms with Crippen LogP contribution in [0.4, 0.5) is 0 Å². The molecule has 1 N–H and O–H groups in total. The van der Waals surface area contributed by atoms with Crippen LogP contribution in [0.2, 0.25) is 0 Å². The third-order valence-corrected chi connectivity index (χ3v) is 3.89. The van der Waals surface area contributed by atoms with E-state index in [1.165, 1.54) is 25.8 Å². The highest BCUT2D eigenvalue weighted by Crippen LogP contribution is 2.35. The van der Waals surface area contributed by atoms with Crippen LogP contribution in [0, 0.1) is 35.0 Å². The standard InChI is InChI=1S/C17H31N/c1-6-18-13-16-10-9-14(2)12-15(16)8-7-11-17(3,4)5/h14-16,18H,6,8-10,12-13H2,1-5H3. The largest absolute Gasteiger partial charge is 0.317 e. The summed E-state index contributed by atoms with van der Waals surface area (Å²) in [6, 6.07) is 0. The highest BCUT2D eigenvalue weighted by molar-refractivity contribution is 5.08. The predicted molar refractivity (Wildman–Crippen MR) is 80.4 cm³/mol. The summed E-state index contributed by atoms with van der Waals surface area (Å²) in [5, 5.41) is 3.52. The van der Waals surface area contributed by atoms with Crippen molar-refractivity contribution in [2.45, 2.75) is 60.3 Å². The van der Waals surface area contributed by atoms with Crippen LogP contribution in [0.25, 0.3) is 0 Å². The van der Waals surface area contributed by atoms with Crippen LogP contribution in [0.5, 0.6) is 0 Å². The van der Waals surface area contributed by atoms with E-state index in [1.807, 2.05) is 0 Å². The molecular weight excluding hydrogens is 218 g/mol. The first kappa shape index (κ1) is 15.6. The lowest BCUT2D eigenvalue weighted by atomic mass is 9.73. The first-order valence-corrected chi connectivity index (χ1v) is 7.63. The molecular formula is C17H31N. The smallest absolute Gasteiger partial charge is 0.0230 e. The lowest BCUT2D eigenvalue weighted by Gasteiger charge is -2.34. The summed E-state index contributed by atoms with van der Waals surface area (Å²) in [5.74, 6) is 9.38. The molecule has 1 aliphatic rings. The summed E-state index contributed by atoms with van der Waals surface area (Å²) >= 11 is 0. The van der Waals surface area contributed by atoms with Crippen LogP contribution in [0.1, 0.15) is 60.3 Å². The zero-order valence-corrected chi connectivity index (χ0v) is 13.0. The highest BCUT2D eigenvalue weighted by Gasteiger charge is 2.27. The van der Waals surface area contributed by atoms with E-state index in [9.17, 15) is 0 Å². The number of rotatable bonds is 4. The first-order chi connectivity index (χ1) is 8.42. The van der Waals surface area contributed by atoms with E-state index in [0.717, 1.165) is 30.7 Å². The van der Waals surface area contributed by atoms with Gasteiger partial charge in [0, 0.05) is 11.8 Å². The monoisotopic (exact) mass is 249 g/mol. The molecule has 0 aromatic heterocycles. The van der Waals surface area contributed by atoms with Crippen molar-refractivity contribution in [1.82, 2.24) is 5.32 Å². The normalized spacial score (nSPS) is 28.6. The van der Waals surface area contributed by atoms with Gasteiger partial charge in [0.15, 0.2) is 0 Å². The van der Waals surface area contributed by atoms with Crippen molar-refractivity contribution < 1.29 is 0 Å². The van der Waals surface area contributed by atoms with E-state index in [2.05, 4.69) is 51.8 Å². The fourth-order valence-corrected chi connectivity index (χ4v) is 2.86. The van der Waals surface area contributed by atoms with E-state index < -0.39 is 0 Å². The minimum absolute atomic E-state index is 0.150. The van der Waals surface area contributed by atoms with E-state index in [0.29, 0.717) is 0 Å². The van der Waals surface area contributed by atoms with Gasteiger partial charge >= 0.3 is 0 Å². The van der Waals surface area contributed by atoms with Crippen molar-refractivity contribution >= 4 is 0 Å². The molecule has 0 radical (unpaired) electrons. The molecule has 0 aliphatic heterocycles. The minimum Gasteiger partial charge on any atom is -0.317 e. The Morgan fingerprint density at radius 1 is 1.17 bits per heavy atom. The van der Waals surface area contributed by atoms with E-state index in [4.69, 9.17) is 0 Å². The second-order valence-corrected chi connectivity index (χ2v) is 7.00. The summed E-state index contributed by atoms with van der Waals surface area (Å²) in [7, 11) is 0. The Morgan fingerprint density at radius 2 is 1.89 bits per heavy atom. The van der Waals surface area contributed by atoms with Crippen molar-refractivity contribution in [1.29, 1.82) is 0 Å². The molecule has 0 aromatic rings. The van der Waals surface area contributed by atoms with Gasteiger partial charge in [0.1, 0.15) is 0 Å². The van der Waals surface area contributed by atoms with Crippen molar-refractivity contribution in [3.05, 3.63) is 0 Å². The topological polar surface area (TPSA) is 12.0 Å². The summed E-state index contributed by atoms with van der Waals surface area (Å²) in [6.45, 7) is 13.4. The van der Waals surface area contributed by atoms with Crippen molar-refractivity contribution in [2.24, 2.45) is 23.2 Å². The number of nitrogens with one attached hydrogen (secondary N) is 1. The van der Waals surface area contributed by atoms with Gasteiger partial charge in [-0.15, -0.1) is 5.92 Å². The maximum absolute atomic E-state index is 3.52. The number of hydrogen-bond acceptors (Lipinski definition) is 1. The van der Waals surface area contributed by atoms with Gasteiger partial charge in [-0.05, 0) is 64.5 Å². The molecule has 0 bridgehead atoms. The Balaban J connectivity index is 2.52. The molecule has 1 rings (SSSR count). The van der Waals surface area contributed by atoms with Gasteiger partial charge < -0.3 is 5.32 Å². The summed E-state index contributed by atoms with van der Waals surface area (Å²) in [6.07, 6.45) is 5.25. The Kier molecular flexibility index (Phi) is 6.22. The third-order valence-electron chi connectivity index (χ3n) is 3.89. The summed E-state index contributed by atoms with van der Waals surface area (Å²) < 4.78 is 0. The van der Waals surface area contributed by atoms with E-state index >= 15 is 0 Å². The molecule has 1 heteroatoms. The minimum atomic E-state index is 0.150. The molecule has 0 amide bonds. The molecule has 3 unspecified atom stereocenters. The van der Waals surface area contributed by atoms with Gasteiger partial charge in [0.2, 0.25) is 0 Å². The van der Waals surface area contributed by atoms with Crippen LogP contribution in [0.15, 0.2) is 0 Å². The molecule has 1 aliphatic carbocycles. The molecule has 0 saturated heterocycles. The van der Waals surface area contributed by atoms with Crippen molar-refractivity contribution in [2.75, 3.05) is 13.1 Å². The molecule has 18 heavy (non-hydrogen) atoms. The van der Waals surface area contributed by atoms with E-state index in [1.54, 1.807) is 0 Å². The van der Waals surface area contributed by atoms with Crippen LogP contribution >= 0.6 is 0 Å². The van der Waals surface area contributed by atoms with Crippen LogP contribution in [0.3, 0.4) is 0 Å². The zero-order chi connectivity index (χ0) is 13.6. The molecule has 1 fully saturated rings. The molecule has 104 valence electrons.